The number of methoxy groups -OCH3 is 1. The fourth-order valence-corrected chi connectivity index (χ4v) is 3.02. The first kappa shape index (κ1) is 16.9. The second-order valence-electron chi connectivity index (χ2n) is 5.87. The summed E-state index contributed by atoms with van der Waals surface area (Å²) in [5, 5.41) is 13.4. The molecule has 1 aliphatic carbocycles. The van der Waals surface area contributed by atoms with E-state index in [0.717, 1.165) is 5.92 Å². The molecule has 4 heteroatoms. The van der Waals surface area contributed by atoms with Crippen LogP contribution in [-0.2, 0) is 9.47 Å². The van der Waals surface area contributed by atoms with Gasteiger partial charge in [0, 0.05) is 19.7 Å². The molecule has 1 aliphatic rings. The lowest BCUT2D eigenvalue weighted by atomic mass is 9.93. The van der Waals surface area contributed by atoms with Gasteiger partial charge in [-0.25, -0.2) is 0 Å². The van der Waals surface area contributed by atoms with E-state index < -0.39 is 6.10 Å². The van der Waals surface area contributed by atoms with Crippen molar-refractivity contribution in [1.82, 2.24) is 5.32 Å². The van der Waals surface area contributed by atoms with Crippen molar-refractivity contribution in [3.05, 3.63) is 0 Å². The van der Waals surface area contributed by atoms with Gasteiger partial charge in [-0.3, -0.25) is 0 Å². The predicted octanol–water partition coefficient (Wildman–Crippen LogP) is 1.81. The van der Waals surface area contributed by atoms with Gasteiger partial charge in [0.25, 0.3) is 0 Å². The first-order valence-electron chi connectivity index (χ1n) is 7.60. The molecule has 0 aromatic carbocycles. The lowest BCUT2D eigenvalue weighted by Gasteiger charge is -2.23. The van der Waals surface area contributed by atoms with Crippen LogP contribution in [0.15, 0.2) is 0 Å². The summed E-state index contributed by atoms with van der Waals surface area (Å²) in [6.07, 6.45) is 3.40. The number of hydrogen-bond donors (Lipinski definition) is 2. The van der Waals surface area contributed by atoms with Crippen molar-refractivity contribution in [3.63, 3.8) is 0 Å². The van der Waals surface area contributed by atoms with Gasteiger partial charge in [0.15, 0.2) is 0 Å². The Labute approximate surface area is 117 Å². The van der Waals surface area contributed by atoms with Gasteiger partial charge in [0.05, 0.1) is 25.4 Å². The topological polar surface area (TPSA) is 50.7 Å². The lowest BCUT2D eigenvalue weighted by Crippen LogP contribution is -2.40. The molecule has 19 heavy (non-hydrogen) atoms. The van der Waals surface area contributed by atoms with Crippen molar-refractivity contribution in [1.29, 1.82) is 0 Å². The largest absolute Gasteiger partial charge is 0.389 e. The highest BCUT2D eigenvalue weighted by atomic mass is 16.5. The number of aliphatic hydroxyl groups is 1. The van der Waals surface area contributed by atoms with Gasteiger partial charge in [-0.2, -0.15) is 0 Å². The summed E-state index contributed by atoms with van der Waals surface area (Å²) in [4.78, 5) is 0. The number of nitrogens with one attached hydrogen (secondary N) is 1. The molecule has 0 heterocycles. The van der Waals surface area contributed by atoms with Gasteiger partial charge in [0.1, 0.15) is 0 Å². The molecule has 5 unspecified atom stereocenters. The zero-order valence-corrected chi connectivity index (χ0v) is 12.9. The molecule has 0 aromatic heterocycles. The molecule has 0 spiro atoms. The number of ether oxygens (including phenoxy) is 2. The van der Waals surface area contributed by atoms with Crippen molar-refractivity contribution in [2.24, 2.45) is 11.8 Å². The first-order valence-corrected chi connectivity index (χ1v) is 7.60. The minimum Gasteiger partial charge on any atom is -0.389 e. The molecular formula is C15H31NO3. The van der Waals surface area contributed by atoms with E-state index in [2.05, 4.69) is 19.2 Å². The number of aliphatic hydroxyl groups excluding tert-OH is 1. The normalized spacial score (nSPS) is 30.5. The Morgan fingerprint density at radius 2 is 2.05 bits per heavy atom. The van der Waals surface area contributed by atoms with E-state index >= 15 is 0 Å². The molecule has 1 fully saturated rings. The number of rotatable bonds is 9. The van der Waals surface area contributed by atoms with E-state index in [1.807, 2.05) is 6.92 Å². The van der Waals surface area contributed by atoms with Crippen LogP contribution in [0.25, 0.3) is 0 Å². The van der Waals surface area contributed by atoms with E-state index in [4.69, 9.17) is 9.47 Å². The second-order valence-corrected chi connectivity index (χ2v) is 5.87. The van der Waals surface area contributed by atoms with Crippen molar-refractivity contribution < 1.29 is 14.6 Å². The van der Waals surface area contributed by atoms with Crippen LogP contribution in [0.2, 0.25) is 0 Å². The molecule has 114 valence electrons. The van der Waals surface area contributed by atoms with Crippen LogP contribution in [-0.4, -0.2) is 50.2 Å². The quantitative estimate of drug-likeness (QED) is 0.673. The van der Waals surface area contributed by atoms with E-state index in [1.54, 1.807) is 7.11 Å². The summed E-state index contributed by atoms with van der Waals surface area (Å²) in [5.41, 5.74) is 0. The molecule has 2 N–H and O–H groups in total. The van der Waals surface area contributed by atoms with Crippen molar-refractivity contribution in [3.8, 4) is 0 Å². The summed E-state index contributed by atoms with van der Waals surface area (Å²) in [7, 11) is 1.66. The molecule has 0 bridgehead atoms. The first-order chi connectivity index (χ1) is 9.08. The zero-order valence-electron chi connectivity index (χ0n) is 12.9. The average Bonchev–Trinajstić information content (AvgIpc) is 2.75. The van der Waals surface area contributed by atoms with Crippen LogP contribution < -0.4 is 5.32 Å². The smallest absolute Gasteiger partial charge is 0.0897 e. The summed E-state index contributed by atoms with van der Waals surface area (Å²) < 4.78 is 10.5. The van der Waals surface area contributed by atoms with Crippen molar-refractivity contribution in [2.45, 2.75) is 58.3 Å². The molecule has 0 amide bonds. The molecule has 4 nitrogen and oxygen atoms in total. The van der Waals surface area contributed by atoms with E-state index in [0.29, 0.717) is 31.7 Å². The highest BCUT2D eigenvalue weighted by molar-refractivity contribution is 4.86. The number of hydrogen-bond acceptors (Lipinski definition) is 4. The van der Waals surface area contributed by atoms with Gasteiger partial charge in [-0.15, -0.1) is 0 Å². The average molecular weight is 273 g/mol. The Bertz CT molecular complexity index is 237. The van der Waals surface area contributed by atoms with Crippen LogP contribution in [0.1, 0.15) is 40.0 Å². The Kier molecular flexibility index (Phi) is 7.91. The molecule has 0 aliphatic heterocycles. The van der Waals surface area contributed by atoms with E-state index in [9.17, 15) is 5.11 Å². The van der Waals surface area contributed by atoms with Crippen LogP contribution in [0, 0.1) is 11.8 Å². The third-order valence-electron chi connectivity index (χ3n) is 4.34. The van der Waals surface area contributed by atoms with Crippen molar-refractivity contribution >= 4 is 0 Å². The monoisotopic (exact) mass is 273 g/mol. The Morgan fingerprint density at radius 1 is 1.32 bits per heavy atom. The van der Waals surface area contributed by atoms with Gasteiger partial charge in [-0.1, -0.05) is 20.3 Å². The fraction of sp³-hybridized carbons (Fsp3) is 1.00. The molecule has 0 saturated heterocycles. The highest BCUT2D eigenvalue weighted by Gasteiger charge is 2.31. The summed E-state index contributed by atoms with van der Waals surface area (Å²) in [6, 6.07) is 0.552. The van der Waals surface area contributed by atoms with E-state index in [1.165, 1.54) is 19.3 Å². The van der Waals surface area contributed by atoms with Crippen LogP contribution in [0.5, 0.6) is 0 Å². The summed E-state index contributed by atoms with van der Waals surface area (Å²) in [5.74, 6) is 1.55. The Hall–Kier alpha value is -0.160. The SMILES string of the molecule is CCC1CCC(NCC(O)COC(C)COC)C1C. The standard InChI is InChI=1S/C15H31NO3/c1-5-13-6-7-15(12(13)3)16-8-14(17)10-19-11(2)9-18-4/h11-17H,5-10H2,1-4H3. The summed E-state index contributed by atoms with van der Waals surface area (Å²) >= 11 is 0. The van der Waals surface area contributed by atoms with Gasteiger partial charge in [-0.05, 0) is 31.6 Å². The Morgan fingerprint density at radius 3 is 2.63 bits per heavy atom. The molecule has 5 atom stereocenters. The van der Waals surface area contributed by atoms with Gasteiger partial charge < -0.3 is 19.9 Å². The molecule has 0 radical (unpaired) electrons. The molecule has 0 aromatic rings. The van der Waals surface area contributed by atoms with Gasteiger partial charge in [0.2, 0.25) is 0 Å². The van der Waals surface area contributed by atoms with Crippen LogP contribution in [0.4, 0.5) is 0 Å². The third kappa shape index (κ3) is 5.78. The van der Waals surface area contributed by atoms with E-state index in [-0.39, 0.29) is 6.10 Å². The molecule has 1 rings (SSSR count). The third-order valence-corrected chi connectivity index (χ3v) is 4.34. The maximum atomic E-state index is 9.91. The fourth-order valence-electron chi connectivity index (χ4n) is 3.02. The molecule has 1 saturated carbocycles. The minimum atomic E-state index is -0.438. The predicted molar refractivity (Wildman–Crippen MR) is 77.3 cm³/mol. The van der Waals surface area contributed by atoms with Crippen LogP contribution >= 0.6 is 0 Å². The maximum absolute atomic E-state index is 9.91. The second kappa shape index (κ2) is 8.90. The van der Waals surface area contributed by atoms with Crippen LogP contribution in [0.3, 0.4) is 0 Å². The Balaban J connectivity index is 2.15. The zero-order chi connectivity index (χ0) is 14.3. The summed E-state index contributed by atoms with van der Waals surface area (Å²) in [6.45, 7) is 8.10. The minimum absolute atomic E-state index is 0.0366. The lowest BCUT2D eigenvalue weighted by molar-refractivity contribution is -0.0318. The van der Waals surface area contributed by atoms with Crippen molar-refractivity contribution in [2.75, 3.05) is 26.9 Å². The molecular weight excluding hydrogens is 242 g/mol. The van der Waals surface area contributed by atoms with Gasteiger partial charge >= 0.3 is 0 Å². The maximum Gasteiger partial charge on any atom is 0.0897 e. The highest BCUT2D eigenvalue weighted by Crippen LogP contribution is 2.33.